The van der Waals surface area contributed by atoms with E-state index in [0.717, 1.165) is 25.7 Å². The summed E-state index contributed by atoms with van der Waals surface area (Å²) in [6.45, 7) is 3.31. The number of carbonyl (C=O) groups excluding carboxylic acids is 2. The Labute approximate surface area is 132 Å². The van der Waals surface area contributed by atoms with Crippen LogP contribution in [0, 0.1) is 5.92 Å². The van der Waals surface area contributed by atoms with Gasteiger partial charge in [-0.05, 0) is 31.7 Å². The highest BCUT2D eigenvalue weighted by molar-refractivity contribution is 5.80. The van der Waals surface area contributed by atoms with Gasteiger partial charge in [-0.15, -0.1) is 0 Å². The van der Waals surface area contributed by atoms with Gasteiger partial charge in [0.05, 0.1) is 13.0 Å². The summed E-state index contributed by atoms with van der Waals surface area (Å²) in [4.78, 5) is 25.9. The van der Waals surface area contributed by atoms with E-state index in [1.165, 1.54) is 5.56 Å². The minimum Gasteiger partial charge on any atom is -0.466 e. The molecule has 1 aromatic rings. The van der Waals surface area contributed by atoms with Gasteiger partial charge in [0.15, 0.2) is 0 Å². The van der Waals surface area contributed by atoms with Crippen molar-refractivity contribution in [2.45, 2.75) is 39.0 Å². The first-order valence-electron chi connectivity index (χ1n) is 8.19. The number of esters is 1. The lowest BCUT2D eigenvalue weighted by atomic mass is 9.84. The van der Waals surface area contributed by atoms with E-state index in [1.807, 2.05) is 23.1 Å². The smallest absolute Gasteiger partial charge is 0.307 e. The van der Waals surface area contributed by atoms with Crippen LogP contribution >= 0.6 is 0 Å². The van der Waals surface area contributed by atoms with Crippen molar-refractivity contribution in [3.8, 4) is 0 Å². The van der Waals surface area contributed by atoms with Gasteiger partial charge in [-0.1, -0.05) is 36.8 Å². The third-order valence-corrected chi connectivity index (χ3v) is 4.17. The van der Waals surface area contributed by atoms with Crippen LogP contribution in [0.5, 0.6) is 0 Å². The number of carbonyl (C=O) groups is 2. The third-order valence-electron chi connectivity index (χ3n) is 4.17. The Morgan fingerprint density at radius 2 is 1.91 bits per heavy atom. The van der Waals surface area contributed by atoms with E-state index in [-0.39, 0.29) is 24.2 Å². The van der Waals surface area contributed by atoms with Gasteiger partial charge in [0.2, 0.25) is 5.91 Å². The lowest BCUT2D eigenvalue weighted by Crippen LogP contribution is -2.41. The second-order valence-corrected chi connectivity index (χ2v) is 5.74. The lowest BCUT2D eigenvalue weighted by molar-refractivity contribution is -0.145. The van der Waals surface area contributed by atoms with E-state index in [2.05, 4.69) is 12.1 Å². The van der Waals surface area contributed by atoms with Crippen LogP contribution in [0.25, 0.3) is 0 Å². The monoisotopic (exact) mass is 303 g/mol. The predicted molar refractivity (Wildman–Crippen MR) is 85.3 cm³/mol. The van der Waals surface area contributed by atoms with Crippen LogP contribution < -0.4 is 0 Å². The summed E-state index contributed by atoms with van der Waals surface area (Å²) in [6, 6.07) is 10.1. The van der Waals surface area contributed by atoms with E-state index >= 15 is 0 Å². The van der Waals surface area contributed by atoms with E-state index < -0.39 is 0 Å². The van der Waals surface area contributed by atoms with E-state index in [1.54, 1.807) is 6.92 Å². The summed E-state index contributed by atoms with van der Waals surface area (Å²) in [7, 11) is 0. The summed E-state index contributed by atoms with van der Waals surface area (Å²) in [5.74, 6) is 0.137. The molecule has 0 aliphatic heterocycles. The van der Waals surface area contributed by atoms with E-state index in [0.29, 0.717) is 19.7 Å². The molecular weight excluding hydrogens is 278 g/mol. The number of amides is 1. The molecule has 0 atom stereocenters. The maximum atomic E-state index is 12.5. The van der Waals surface area contributed by atoms with Crippen molar-refractivity contribution in [3.05, 3.63) is 35.9 Å². The summed E-state index contributed by atoms with van der Waals surface area (Å²) in [5, 5.41) is 0. The first-order valence-corrected chi connectivity index (χ1v) is 8.19. The molecular formula is C18H25NO3. The quantitative estimate of drug-likeness (QED) is 0.694. The summed E-state index contributed by atoms with van der Waals surface area (Å²) >= 11 is 0. The normalized spacial score (nSPS) is 14.2. The third kappa shape index (κ3) is 4.86. The highest BCUT2D eigenvalue weighted by atomic mass is 16.5. The second-order valence-electron chi connectivity index (χ2n) is 5.74. The molecule has 0 saturated heterocycles. The van der Waals surface area contributed by atoms with Gasteiger partial charge in [-0.25, -0.2) is 0 Å². The average Bonchev–Trinajstić information content (AvgIpc) is 2.46. The average molecular weight is 303 g/mol. The molecule has 0 radical (unpaired) electrons. The molecule has 0 heterocycles. The highest BCUT2D eigenvalue weighted by Gasteiger charge is 2.29. The SMILES string of the molecule is CCOC(=O)CCN(CCc1ccccc1)C(=O)C1CCC1. The number of hydrogen-bond donors (Lipinski definition) is 0. The lowest BCUT2D eigenvalue weighted by Gasteiger charge is -2.31. The number of nitrogens with zero attached hydrogens (tertiary/aromatic N) is 1. The Bertz CT molecular complexity index is 482. The molecule has 0 aromatic heterocycles. The van der Waals surface area contributed by atoms with Crippen LogP contribution in [0.15, 0.2) is 30.3 Å². The Balaban J connectivity index is 1.88. The molecule has 1 fully saturated rings. The molecule has 1 amide bonds. The van der Waals surface area contributed by atoms with Crippen LogP contribution in [-0.2, 0) is 20.7 Å². The second kappa shape index (κ2) is 8.57. The fourth-order valence-electron chi connectivity index (χ4n) is 2.61. The van der Waals surface area contributed by atoms with E-state index in [4.69, 9.17) is 4.74 Å². The van der Waals surface area contributed by atoms with Gasteiger partial charge < -0.3 is 9.64 Å². The molecule has 1 saturated carbocycles. The van der Waals surface area contributed by atoms with Crippen molar-refractivity contribution in [2.75, 3.05) is 19.7 Å². The first-order chi connectivity index (χ1) is 10.7. The minimum atomic E-state index is -0.228. The Hall–Kier alpha value is -1.84. The van der Waals surface area contributed by atoms with Gasteiger partial charge >= 0.3 is 5.97 Å². The molecule has 0 unspecified atom stereocenters. The summed E-state index contributed by atoms with van der Waals surface area (Å²) in [6.07, 6.45) is 4.21. The highest BCUT2D eigenvalue weighted by Crippen LogP contribution is 2.28. The van der Waals surface area contributed by atoms with Crippen LogP contribution in [-0.4, -0.2) is 36.5 Å². The fourth-order valence-corrected chi connectivity index (χ4v) is 2.61. The number of hydrogen-bond acceptors (Lipinski definition) is 3. The summed E-state index contributed by atoms with van der Waals surface area (Å²) in [5.41, 5.74) is 1.21. The van der Waals surface area contributed by atoms with Crippen LogP contribution in [0.2, 0.25) is 0 Å². The molecule has 0 bridgehead atoms. The molecule has 22 heavy (non-hydrogen) atoms. The van der Waals surface area contributed by atoms with Crippen LogP contribution in [0.3, 0.4) is 0 Å². The largest absolute Gasteiger partial charge is 0.466 e. The molecule has 1 aliphatic rings. The zero-order valence-corrected chi connectivity index (χ0v) is 13.3. The van der Waals surface area contributed by atoms with Crippen molar-refractivity contribution in [1.82, 2.24) is 4.90 Å². The van der Waals surface area contributed by atoms with Crippen molar-refractivity contribution in [2.24, 2.45) is 5.92 Å². The maximum absolute atomic E-state index is 12.5. The van der Waals surface area contributed by atoms with Gasteiger partial charge in [0.25, 0.3) is 0 Å². The first kappa shape index (κ1) is 16.5. The van der Waals surface area contributed by atoms with Crippen molar-refractivity contribution in [1.29, 1.82) is 0 Å². The van der Waals surface area contributed by atoms with Crippen molar-refractivity contribution < 1.29 is 14.3 Å². The van der Waals surface area contributed by atoms with Crippen LogP contribution in [0.4, 0.5) is 0 Å². The van der Waals surface area contributed by atoms with Gasteiger partial charge in [-0.3, -0.25) is 9.59 Å². The van der Waals surface area contributed by atoms with Crippen molar-refractivity contribution in [3.63, 3.8) is 0 Å². The standard InChI is InChI=1S/C18H25NO3/c1-2-22-17(20)12-14-19(18(21)16-9-6-10-16)13-11-15-7-4-3-5-8-15/h3-5,7-8,16H,2,6,9-14H2,1H3. The molecule has 2 rings (SSSR count). The molecule has 4 heteroatoms. The van der Waals surface area contributed by atoms with Gasteiger partial charge in [0.1, 0.15) is 0 Å². The molecule has 1 aliphatic carbocycles. The molecule has 0 N–H and O–H groups in total. The zero-order valence-electron chi connectivity index (χ0n) is 13.3. The zero-order chi connectivity index (χ0) is 15.8. The maximum Gasteiger partial charge on any atom is 0.307 e. The van der Waals surface area contributed by atoms with Crippen molar-refractivity contribution >= 4 is 11.9 Å². The molecule has 0 spiro atoms. The summed E-state index contributed by atoms with van der Waals surface area (Å²) < 4.78 is 4.96. The number of benzene rings is 1. The van der Waals surface area contributed by atoms with Gasteiger partial charge in [-0.2, -0.15) is 0 Å². The molecule has 4 nitrogen and oxygen atoms in total. The Morgan fingerprint density at radius 3 is 2.50 bits per heavy atom. The Morgan fingerprint density at radius 1 is 1.18 bits per heavy atom. The van der Waals surface area contributed by atoms with E-state index in [9.17, 15) is 9.59 Å². The molecule has 120 valence electrons. The predicted octanol–water partition coefficient (Wildman–Crippen LogP) is 2.81. The number of ether oxygens (including phenoxy) is 1. The van der Waals surface area contributed by atoms with Crippen LogP contribution in [0.1, 0.15) is 38.2 Å². The Kier molecular flexibility index (Phi) is 6.44. The van der Waals surface area contributed by atoms with Gasteiger partial charge in [0, 0.05) is 19.0 Å². The minimum absolute atomic E-state index is 0.165. The molecule has 1 aromatic carbocycles. The number of rotatable bonds is 8. The topological polar surface area (TPSA) is 46.6 Å². The fraction of sp³-hybridized carbons (Fsp3) is 0.556.